The lowest BCUT2D eigenvalue weighted by atomic mass is 10.1. The Morgan fingerprint density at radius 1 is 1.18 bits per heavy atom. The summed E-state index contributed by atoms with van der Waals surface area (Å²) in [5.41, 5.74) is 8.09. The van der Waals surface area contributed by atoms with Gasteiger partial charge in [-0.05, 0) is 49.7 Å². The van der Waals surface area contributed by atoms with E-state index < -0.39 is 0 Å². The summed E-state index contributed by atoms with van der Waals surface area (Å²) in [5, 5.41) is 3.52. The van der Waals surface area contributed by atoms with E-state index in [1.54, 1.807) is 19.4 Å². The van der Waals surface area contributed by atoms with Crippen molar-refractivity contribution >= 4 is 5.70 Å². The normalized spacial score (nSPS) is 14.6. The molecule has 0 saturated carbocycles. The second kappa shape index (κ2) is 10.1. The molecule has 6 heteroatoms. The predicted molar refractivity (Wildman–Crippen MR) is 113 cm³/mol. The summed E-state index contributed by atoms with van der Waals surface area (Å²) < 4.78 is 11.4. The minimum absolute atomic E-state index is 0.480. The van der Waals surface area contributed by atoms with Crippen LogP contribution in [-0.4, -0.2) is 43.2 Å². The summed E-state index contributed by atoms with van der Waals surface area (Å²) >= 11 is 0. The third-order valence-corrected chi connectivity index (χ3v) is 4.93. The van der Waals surface area contributed by atoms with Gasteiger partial charge in [0.05, 0.1) is 7.11 Å². The Labute approximate surface area is 167 Å². The molecule has 3 rings (SSSR count). The molecule has 1 aromatic carbocycles. The van der Waals surface area contributed by atoms with Crippen molar-refractivity contribution in [3.05, 3.63) is 54.2 Å². The van der Waals surface area contributed by atoms with Crippen molar-refractivity contribution in [3.63, 3.8) is 0 Å². The Hall–Kier alpha value is -2.57. The number of rotatable bonds is 9. The third-order valence-electron chi connectivity index (χ3n) is 4.93. The van der Waals surface area contributed by atoms with Crippen LogP contribution in [0.5, 0.6) is 17.4 Å². The molecule has 2 aromatic rings. The highest BCUT2D eigenvalue weighted by atomic mass is 16.5. The quantitative estimate of drug-likeness (QED) is 0.648. The maximum atomic E-state index is 5.86. The molecule has 0 bridgehead atoms. The summed E-state index contributed by atoms with van der Waals surface area (Å²) in [6.45, 7) is 9.06. The van der Waals surface area contributed by atoms with Gasteiger partial charge in [0.25, 0.3) is 0 Å². The molecule has 0 aliphatic carbocycles. The zero-order chi connectivity index (χ0) is 19.8. The van der Waals surface area contributed by atoms with E-state index in [0.717, 1.165) is 30.8 Å². The molecule has 150 valence electrons. The monoisotopic (exact) mass is 382 g/mol. The first-order valence-corrected chi connectivity index (χ1v) is 9.84. The van der Waals surface area contributed by atoms with E-state index in [1.165, 1.54) is 32.4 Å². The van der Waals surface area contributed by atoms with Crippen LogP contribution in [0, 0.1) is 0 Å². The molecular formula is C22H30N4O2. The first-order valence-electron chi connectivity index (χ1n) is 9.84. The smallest absolute Gasteiger partial charge is 0.219 e. The van der Waals surface area contributed by atoms with Crippen molar-refractivity contribution < 1.29 is 9.47 Å². The van der Waals surface area contributed by atoms with Crippen molar-refractivity contribution in [1.29, 1.82) is 0 Å². The fourth-order valence-electron chi connectivity index (χ4n) is 3.30. The van der Waals surface area contributed by atoms with E-state index in [-0.39, 0.29) is 0 Å². The summed E-state index contributed by atoms with van der Waals surface area (Å²) in [6.07, 6.45) is 5.68. The Balaban J connectivity index is 1.53. The lowest BCUT2D eigenvalue weighted by Gasteiger charge is -2.26. The van der Waals surface area contributed by atoms with Crippen molar-refractivity contribution in [2.45, 2.75) is 25.8 Å². The highest BCUT2D eigenvalue weighted by molar-refractivity contribution is 5.59. The molecule has 1 aliphatic heterocycles. The molecule has 0 radical (unpaired) electrons. The van der Waals surface area contributed by atoms with Crippen LogP contribution in [-0.2, 0) is 6.54 Å². The van der Waals surface area contributed by atoms with Crippen molar-refractivity contribution in [1.82, 2.24) is 15.2 Å². The molecule has 1 saturated heterocycles. The maximum Gasteiger partial charge on any atom is 0.219 e. The molecule has 3 N–H and O–H groups in total. The number of benzene rings is 1. The van der Waals surface area contributed by atoms with E-state index in [2.05, 4.69) is 21.8 Å². The zero-order valence-corrected chi connectivity index (χ0v) is 16.6. The Morgan fingerprint density at radius 3 is 2.68 bits per heavy atom. The van der Waals surface area contributed by atoms with Gasteiger partial charge >= 0.3 is 0 Å². The van der Waals surface area contributed by atoms with Crippen LogP contribution in [0.15, 0.2) is 43.1 Å². The first kappa shape index (κ1) is 20.2. The largest absolute Gasteiger partial charge is 0.493 e. The number of likely N-dealkylation sites (tertiary alicyclic amines) is 1. The van der Waals surface area contributed by atoms with Crippen LogP contribution < -0.4 is 20.5 Å². The van der Waals surface area contributed by atoms with Crippen molar-refractivity contribution in [2.24, 2.45) is 5.73 Å². The van der Waals surface area contributed by atoms with Crippen LogP contribution in [0.2, 0.25) is 0 Å². The third kappa shape index (κ3) is 5.71. The van der Waals surface area contributed by atoms with Gasteiger partial charge in [-0.1, -0.05) is 19.1 Å². The number of piperidine rings is 1. The topological polar surface area (TPSA) is 72.6 Å². The summed E-state index contributed by atoms with van der Waals surface area (Å²) in [7, 11) is 1.64. The number of nitrogens with two attached hydrogens (primary N) is 1. The standard InChI is InChI=1S/C22H30N4O2/c1-17(23)19-7-9-22(25-16-19)28-20-8-6-18(14-21(20)27-2)15-24-10-13-26-11-4-3-5-12-26/h6-9,14,16,24H,1,3-5,10-13,15,23H2,2H3. The van der Waals surface area contributed by atoms with Crippen LogP contribution in [0.3, 0.4) is 0 Å². The highest BCUT2D eigenvalue weighted by Gasteiger charge is 2.10. The van der Waals surface area contributed by atoms with Gasteiger partial charge < -0.3 is 25.4 Å². The first-order chi connectivity index (χ1) is 13.7. The lowest BCUT2D eigenvalue weighted by Crippen LogP contribution is -2.35. The molecular weight excluding hydrogens is 352 g/mol. The van der Waals surface area contributed by atoms with E-state index in [0.29, 0.717) is 23.1 Å². The van der Waals surface area contributed by atoms with Gasteiger partial charge in [0.2, 0.25) is 5.88 Å². The molecule has 0 atom stereocenters. The Kier molecular flexibility index (Phi) is 7.28. The van der Waals surface area contributed by atoms with E-state index >= 15 is 0 Å². The van der Waals surface area contributed by atoms with Gasteiger partial charge in [-0.3, -0.25) is 0 Å². The molecule has 1 fully saturated rings. The van der Waals surface area contributed by atoms with Gasteiger partial charge in [0.15, 0.2) is 11.5 Å². The number of hydrogen-bond donors (Lipinski definition) is 2. The molecule has 0 spiro atoms. The fraction of sp³-hybridized carbons (Fsp3) is 0.409. The van der Waals surface area contributed by atoms with Crippen molar-refractivity contribution in [3.8, 4) is 17.4 Å². The number of pyridine rings is 1. The fourth-order valence-corrected chi connectivity index (χ4v) is 3.30. The molecule has 6 nitrogen and oxygen atoms in total. The average molecular weight is 383 g/mol. The van der Waals surface area contributed by atoms with E-state index in [1.807, 2.05) is 24.3 Å². The number of nitrogens with one attached hydrogen (secondary N) is 1. The predicted octanol–water partition coefficient (Wildman–Crippen LogP) is 3.39. The van der Waals surface area contributed by atoms with E-state index in [9.17, 15) is 0 Å². The number of hydrogen-bond acceptors (Lipinski definition) is 6. The number of nitrogens with zero attached hydrogens (tertiary/aromatic N) is 2. The number of ether oxygens (including phenoxy) is 2. The van der Waals surface area contributed by atoms with Gasteiger partial charge in [0.1, 0.15) is 0 Å². The van der Waals surface area contributed by atoms with Crippen molar-refractivity contribution in [2.75, 3.05) is 33.3 Å². The lowest BCUT2D eigenvalue weighted by molar-refractivity contribution is 0.229. The molecule has 0 amide bonds. The molecule has 28 heavy (non-hydrogen) atoms. The molecule has 1 aromatic heterocycles. The number of aromatic nitrogens is 1. The molecule has 2 heterocycles. The van der Waals surface area contributed by atoms with Crippen LogP contribution in [0.4, 0.5) is 0 Å². The molecule has 1 aliphatic rings. The van der Waals surface area contributed by atoms with Gasteiger partial charge in [-0.25, -0.2) is 4.98 Å². The Bertz CT molecular complexity index is 771. The van der Waals surface area contributed by atoms with Crippen LogP contribution >= 0.6 is 0 Å². The minimum atomic E-state index is 0.480. The second-order valence-electron chi connectivity index (χ2n) is 7.08. The molecule has 0 unspecified atom stereocenters. The second-order valence-corrected chi connectivity index (χ2v) is 7.08. The van der Waals surface area contributed by atoms with Gasteiger partial charge in [-0.15, -0.1) is 0 Å². The summed E-state index contributed by atoms with van der Waals surface area (Å²) in [5.74, 6) is 1.80. The SMILES string of the molecule is C=C(N)c1ccc(Oc2ccc(CNCCN3CCCCC3)cc2OC)nc1. The minimum Gasteiger partial charge on any atom is -0.493 e. The Morgan fingerprint density at radius 2 is 2.00 bits per heavy atom. The van der Waals surface area contributed by atoms with E-state index in [4.69, 9.17) is 15.2 Å². The number of methoxy groups -OCH3 is 1. The highest BCUT2D eigenvalue weighted by Crippen LogP contribution is 2.31. The van der Waals surface area contributed by atoms with Gasteiger partial charge in [-0.2, -0.15) is 0 Å². The zero-order valence-electron chi connectivity index (χ0n) is 16.6. The van der Waals surface area contributed by atoms with Crippen LogP contribution in [0.25, 0.3) is 5.70 Å². The summed E-state index contributed by atoms with van der Waals surface area (Å²) in [4.78, 5) is 6.80. The average Bonchev–Trinajstić information content (AvgIpc) is 2.73. The van der Waals surface area contributed by atoms with Gasteiger partial charge in [0, 0.05) is 43.2 Å². The van der Waals surface area contributed by atoms with Crippen LogP contribution in [0.1, 0.15) is 30.4 Å². The maximum absolute atomic E-state index is 5.86. The summed E-state index contributed by atoms with van der Waals surface area (Å²) in [6, 6.07) is 9.56.